The highest BCUT2D eigenvalue weighted by Crippen LogP contribution is 2.31. The number of amides is 1. The smallest absolute Gasteiger partial charge is 0.239 e. The van der Waals surface area contributed by atoms with Crippen molar-refractivity contribution in [2.24, 2.45) is 5.92 Å². The van der Waals surface area contributed by atoms with Crippen LogP contribution in [0.15, 0.2) is 24.3 Å². The summed E-state index contributed by atoms with van der Waals surface area (Å²) in [5, 5.41) is 3.27. The summed E-state index contributed by atoms with van der Waals surface area (Å²) in [6, 6.07) is 9.24. The largest absolute Gasteiger partial charge is 0.359 e. The monoisotopic (exact) mass is 286 g/mol. The van der Waals surface area contributed by atoms with Crippen LogP contribution in [0.25, 0.3) is 0 Å². The Balaban J connectivity index is 1.62. The van der Waals surface area contributed by atoms with Gasteiger partial charge in [-0.3, -0.25) is 4.79 Å². The number of nitrogens with one attached hydrogen (secondary N) is 1. The van der Waals surface area contributed by atoms with Gasteiger partial charge in [-0.05, 0) is 43.7 Å². The van der Waals surface area contributed by atoms with Gasteiger partial charge in [0.05, 0.1) is 6.54 Å². The van der Waals surface area contributed by atoms with Gasteiger partial charge in [-0.1, -0.05) is 38.0 Å². The van der Waals surface area contributed by atoms with Gasteiger partial charge in [0.25, 0.3) is 0 Å². The molecule has 3 rings (SSSR count). The van der Waals surface area contributed by atoms with Gasteiger partial charge in [0.15, 0.2) is 0 Å². The molecule has 3 unspecified atom stereocenters. The zero-order valence-electron chi connectivity index (χ0n) is 13.1. The standard InChI is InChI=1S/C18H26N2O/c1-13-7-3-5-9-16(13)19-18(21)12-20-14(2)11-15-8-4-6-10-17(15)20/h4,6,8,10,13-14,16H,3,5,7,9,11-12H2,1-2H3,(H,19,21). The Morgan fingerprint density at radius 1 is 1.24 bits per heavy atom. The van der Waals surface area contributed by atoms with Crippen LogP contribution in [-0.2, 0) is 11.2 Å². The average Bonchev–Trinajstić information content (AvgIpc) is 2.78. The minimum absolute atomic E-state index is 0.178. The molecule has 114 valence electrons. The van der Waals surface area contributed by atoms with Crippen LogP contribution in [0.1, 0.15) is 45.1 Å². The van der Waals surface area contributed by atoms with Crippen molar-refractivity contribution >= 4 is 11.6 Å². The average molecular weight is 286 g/mol. The minimum atomic E-state index is 0.178. The summed E-state index contributed by atoms with van der Waals surface area (Å²) >= 11 is 0. The van der Waals surface area contributed by atoms with Crippen molar-refractivity contribution < 1.29 is 4.79 Å². The Kier molecular flexibility index (Phi) is 4.18. The Hall–Kier alpha value is -1.51. The van der Waals surface area contributed by atoms with E-state index in [2.05, 4.69) is 48.3 Å². The number of rotatable bonds is 3. The van der Waals surface area contributed by atoms with Crippen LogP contribution in [0.3, 0.4) is 0 Å². The molecular formula is C18H26N2O. The summed E-state index contributed by atoms with van der Waals surface area (Å²) in [5.41, 5.74) is 2.60. The fraction of sp³-hybridized carbons (Fsp3) is 0.611. The lowest BCUT2D eigenvalue weighted by atomic mass is 9.86. The van der Waals surface area contributed by atoms with Crippen LogP contribution < -0.4 is 10.2 Å². The van der Waals surface area contributed by atoms with E-state index in [1.807, 2.05) is 0 Å². The molecule has 1 aliphatic carbocycles. The second kappa shape index (κ2) is 6.08. The Bertz CT molecular complexity index is 514. The molecule has 1 aromatic carbocycles. The predicted octanol–water partition coefficient (Wildman–Crippen LogP) is 3.13. The molecule has 0 bridgehead atoms. The first-order valence-electron chi connectivity index (χ1n) is 8.29. The molecule has 0 radical (unpaired) electrons. The van der Waals surface area contributed by atoms with Gasteiger partial charge in [-0.25, -0.2) is 0 Å². The third-order valence-corrected chi connectivity index (χ3v) is 5.12. The molecule has 21 heavy (non-hydrogen) atoms. The zero-order chi connectivity index (χ0) is 14.8. The summed E-state index contributed by atoms with van der Waals surface area (Å²) in [5.74, 6) is 0.795. The van der Waals surface area contributed by atoms with Crippen molar-refractivity contribution in [1.29, 1.82) is 0 Å². The molecule has 1 aliphatic heterocycles. The SMILES string of the molecule is CC1CCCCC1NC(=O)CN1c2ccccc2CC1C. The van der Waals surface area contributed by atoms with E-state index >= 15 is 0 Å². The zero-order valence-corrected chi connectivity index (χ0v) is 13.1. The number of para-hydroxylation sites is 1. The lowest BCUT2D eigenvalue weighted by Crippen LogP contribution is -2.46. The summed E-state index contributed by atoms with van der Waals surface area (Å²) in [7, 11) is 0. The molecule has 1 N–H and O–H groups in total. The van der Waals surface area contributed by atoms with E-state index in [0.717, 1.165) is 12.8 Å². The summed E-state index contributed by atoms with van der Waals surface area (Å²) in [4.78, 5) is 14.7. The lowest BCUT2D eigenvalue weighted by Gasteiger charge is -2.31. The summed E-state index contributed by atoms with van der Waals surface area (Å²) in [6.45, 7) is 4.95. The number of hydrogen-bond acceptors (Lipinski definition) is 2. The number of benzene rings is 1. The summed E-state index contributed by atoms with van der Waals surface area (Å²) in [6.07, 6.45) is 5.98. The normalized spacial score (nSPS) is 28.3. The van der Waals surface area contributed by atoms with Crippen molar-refractivity contribution in [2.45, 2.75) is 58.0 Å². The highest BCUT2D eigenvalue weighted by Gasteiger charge is 2.28. The quantitative estimate of drug-likeness (QED) is 0.926. The van der Waals surface area contributed by atoms with Crippen LogP contribution >= 0.6 is 0 Å². The third-order valence-electron chi connectivity index (χ3n) is 5.12. The molecule has 3 nitrogen and oxygen atoms in total. The lowest BCUT2D eigenvalue weighted by molar-refractivity contribution is -0.121. The molecule has 3 atom stereocenters. The molecule has 1 aromatic rings. The molecule has 0 aromatic heterocycles. The molecule has 0 saturated heterocycles. The second-order valence-corrected chi connectivity index (χ2v) is 6.75. The minimum Gasteiger partial charge on any atom is -0.359 e. The number of carbonyl (C=O) groups excluding carboxylic acids is 1. The highest BCUT2D eigenvalue weighted by atomic mass is 16.2. The first-order chi connectivity index (χ1) is 10.1. The fourth-order valence-electron chi connectivity index (χ4n) is 3.81. The van der Waals surface area contributed by atoms with Gasteiger partial charge in [-0.2, -0.15) is 0 Å². The van der Waals surface area contributed by atoms with E-state index < -0.39 is 0 Å². The van der Waals surface area contributed by atoms with Gasteiger partial charge in [-0.15, -0.1) is 0 Å². The van der Waals surface area contributed by atoms with Gasteiger partial charge in [0.1, 0.15) is 0 Å². The first-order valence-corrected chi connectivity index (χ1v) is 8.29. The topological polar surface area (TPSA) is 32.3 Å². The van der Waals surface area contributed by atoms with Crippen LogP contribution in [0.2, 0.25) is 0 Å². The van der Waals surface area contributed by atoms with Crippen LogP contribution in [0.4, 0.5) is 5.69 Å². The van der Waals surface area contributed by atoms with Crippen molar-refractivity contribution in [3.63, 3.8) is 0 Å². The van der Waals surface area contributed by atoms with Gasteiger partial charge < -0.3 is 10.2 Å². The van der Waals surface area contributed by atoms with Gasteiger partial charge in [0.2, 0.25) is 5.91 Å². The van der Waals surface area contributed by atoms with Crippen LogP contribution in [0, 0.1) is 5.92 Å². The maximum atomic E-state index is 12.4. The van der Waals surface area contributed by atoms with E-state index in [4.69, 9.17) is 0 Å². The number of fused-ring (bicyclic) bond motifs is 1. The summed E-state index contributed by atoms with van der Waals surface area (Å²) < 4.78 is 0. The second-order valence-electron chi connectivity index (χ2n) is 6.75. The number of anilines is 1. The number of hydrogen-bond donors (Lipinski definition) is 1. The van der Waals surface area contributed by atoms with Crippen LogP contribution in [-0.4, -0.2) is 24.5 Å². The van der Waals surface area contributed by atoms with E-state index in [1.165, 1.54) is 30.5 Å². The molecule has 1 saturated carbocycles. The predicted molar refractivity (Wildman–Crippen MR) is 86.5 cm³/mol. The molecule has 1 fully saturated rings. The maximum Gasteiger partial charge on any atom is 0.239 e. The molecule has 2 aliphatic rings. The van der Waals surface area contributed by atoms with Crippen molar-refractivity contribution in [3.05, 3.63) is 29.8 Å². The molecule has 3 heteroatoms. The maximum absolute atomic E-state index is 12.4. The Morgan fingerprint density at radius 2 is 2.00 bits per heavy atom. The van der Waals surface area contributed by atoms with E-state index in [0.29, 0.717) is 24.5 Å². The van der Waals surface area contributed by atoms with Crippen molar-refractivity contribution in [3.8, 4) is 0 Å². The van der Waals surface area contributed by atoms with E-state index in [1.54, 1.807) is 0 Å². The number of carbonyl (C=O) groups is 1. The van der Waals surface area contributed by atoms with E-state index in [9.17, 15) is 4.79 Å². The third kappa shape index (κ3) is 3.07. The van der Waals surface area contributed by atoms with Gasteiger partial charge >= 0.3 is 0 Å². The molecule has 0 spiro atoms. The molecule has 1 heterocycles. The van der Waals surface area contributed by atoms with Gasteiger partial charge in [0, 0.05) is 17.8 Å². The highest BCUT2D eigenvalue weighted by molar-refractivity contribution is 5.82. The fourth-order valence-corrected chi connectivity index (χ4v) is 3.81. The van der Waals surface area contributed by atoms with Crippen molar-refractivity contribution in [2.75, 3.05) is 11.4 Å². The number of nitrogens with zero attached hydrogens (tertiary/aromatic N) is 1. The molecular weight excluding hydrogens is 260 g/mol. The van der Waals surface area contributed by atoms with Crippen LogP contribution in [0.5, 0.6) is 0 Å². The first kappa shape index (κ1) is 14.4. The Labute approximate surface area is 127 Å². The molecule has 1 amide bonds. The van der Waals surface area contributed by atoms with E-state index in [-0.39, 0.29) is 5.91 Å². The van der Waals surface area contributed by atoms with Crippen molar-refractivity contribution in [1.82, 2.24) is 5.32 Å². The Morgan fingerprint density at radius 3 is 2.81 bits per heavy atom.